The first-order valence-corrected chi connectivity index (χ1v) is 11.0. The number of anilines is 2. The molecule has 2 amide bonds. The SMILES string of the molecule is CC(CNC(=O)C1CC(=O)N(c2cc(F)cc(F)c2)C1)N1CCN(c2ccccc2)CC1. The average Bonchev–Trinajstić information content (AvgIpc) is 3.19. The van der Waals surface area contributed by atoms with Crippen LogP contribution in [0.5, 0.6) is 0 Å². The molecule has 2 unspecified atom stereocenters. The molecule has 4 rings (SSSR count). The Morgan fingerprint density at radius 2 is 1.69 bits per heavy atom. The lowest BCUT2D eigenvalue weighted by Crippen LogP contribution is -2.52. The van der Waals surface area contributed by atoms with E-state index in [0.717, 1.165) is 44.4 Å². The van der Waals surface area contributed by atoms with Crippen molar-refractivity contribution >= 4 is 23.2 Å². The van der Waals surface area contributed by atoms with Crippen molar-refractivity contribution in [2.45, 2.75) is 19.4 Å². The maximum Gasteiger partial charge on any atom is 0.227 e. The van der Waals surface area contributed by atoms with Gasteiger partial charge in [-0.15, -0.1) is 0 Å². The fourth-order valence-corrected chi connectivity index (χ4v) is 4.41. The Hall–Kier alpha value is -3.00. The van der Waals surface area contributed by atoms with Gasteiger partial charge in [0.15, 0.2) is 0 Å². The van der Waals surface area contributed by atoms with Crippen LogP contribution in [0.25, 0.3) is 0 Å². The minimum absolute atomic E-state index is 0.0358. The van der Waals surface area contributed by atoms with E-state index in [9.17, 15) is 18.4 Å². The number of piperazine rings is 1. The van der Waals surface area contributed by atoms with Crippen LogP contribution in [0.15, 0.2) is 48.5 Å². The summed E-state index contributed by atoms with van der Waals surface area (Å²) in [7, 11) is 0. The van der Waals surface area contributed by atoms with Crippen molar-refractivity contribution in [3.8, 4) is 0 Å². The molecule has 0 bridgehead atoms. The Labute approximate surface area is 186 Å². The summed E-state index contributed by atoms with van der Waals surface area (Å²) >= 11 is 0. The first-order valence-electron chi connectivity index (χ1n) is 11.0. The molecule has 2 aromatic rings. The summed E-state index contributed by atoms with van der Waals surface area (Å²) in [5.74, 6) is -2.53. The van der Waals surface area contributed by atoms with Crippen LogP contribution >= 0.6 is 0 Å². The molecule has 2 aliphatic rings. The maximum absolute atomic E-state index is 13.5. The zero-order valence-corrected chi connectivity index (χ0v) is 18.1. The highest BCUT2D eigenvalue weighted by molar-refractivity contribution is 6.00. The maximum atomic E-state index is 13.5. The molecule has 0 radical (unpaired) electrons. The Bertz CT molecular complexity index is 943. The number of nitrogens with one attached hydrogen (secondary N) is 1. The highest BCUT2D eigenvalue weighted by Crippen LogP contribution is 2.26. The van der Waals surface area contributed by atoms with Crippen molar-refractivity contribution in [2.75, 3.05) is 49.1 Å². The first kappa shape index (κ1) is 22.2. The van der Waals surface area contributed by atoms with E-state index in [4.69, 9.17) is 0 Å². The van der Waals surface area contributed by atoms with Crippen LogP contribution in [0.1, 0.15) is 13.3 Å². The minimum Gasteiger partial charge on any atom is -0.369 e. The van der Waals surface area contributed by atoms with Crippen LogP contribution < -0.4 is 15.1 Å². The molecule has 0 saturated carbocycles. The molecule has 2 atom stereocenters. The average molecular weight is 443 g/mol. The minimum atomic E-state index is -0.748. The number of rotatable bonds is 6. The number of amides is 2. The van der Waals surface area contributed by atoms with Gasteiger partial charge in [-0.3, -0.25) is 14.5 Å². The molecule has 2 aromatic carbocycles. The lowest BCUT2D eigenvalue weighted by atomic mass is 10.1. The highest BCUT2D eigenvalue weighted by atomic mass is 19.1. The van der Waals surface area contributed by atoms with Crippen molar-refractivity contribution in [1.82, 2.24) is 10.2 Å². The Morgan fingerprint density at radius 3 is 2.34 bits per heavy atom. The molecule has 0 spiro atoms. The van der Waals surface area contributed by atoms with Gasteiger partial charge in [0.1, 0.15) is 11.6 Å². The molecule has 8 heteroatoms. The molecule has 2 heterocycles. The molecular weight excluding hydrogens is 414 g/mol. The van der Waals surface area contributed by atoms with E-state index in [2.05, 4.69) is 34.2 Å². The summed E-state index contributed by atoms with van der Waals surface area (Å²) in [6, 6.07) is 13.5. The second kappa shape index (κ2) is 9.65. The van der Waals surface area contributed by atoms with E-state index in [0.29, 0.717) is 6.54 Å². The molecule has 1 N–H and O–H groups in total. The van der Waals surface area contributed by atoms with Crippen LogP contribution in [-0.4, -0.2) is 62.0 Å². The quantitative estimate of drug-likeness (QED) is 0.748. The third-order valence-corrected chi connectivity index (χ3v) is 6.29. The molecule has 6 nitrogen and oxygen atoms in total. The molecule has 2 aliphatic heterocycles. The first-order chi connectivity index (χ1) is 15.4. The summed E-state index contributed by atoms with van der Waals surface area (Å²) < 4.78 is 27.0. The second-order valence-corrected chi connectivity index (χ2v) is 8.49. The van der Waals surface area contributed by atoms with Crippen LogP contribution in [0.2, 0.25) is 0 Å². The number of carbonyl (C=O) groups excluding carboxylic acids is 2. The largest absolute Gasteiger partial charge is 0.369 e. The smallest absolute Gasteiger partial charge is 0.227 e. The van der Waals surface area contributed by atoms with Gasteiger partial charge in [0.05, 0.1) is 5.92 Å². The molecule has 2 saturated heterocycles. The summed E-state index contributed by atoms with van der Waals surface area (Å²) in [6.45, 7) is 6.37. The number of hydrogen-bond acceptors (Lipinski definition) is 4. The third kappa shape index (κ3) is 5.07. The third-order valence-electron chi connectivity index (χ3n) is 6.29. The van der Waals surface area contributed by atoms with Gasteiger partial charge in [0, 0.05) is 69.2 Å². The summed E-state index contributed by atoms with van der Waals surface area (Å²) in [4.78, 5) is 31.0. The number of benzene rings is 2. The molecule has 2 fully saturated rings. The van der Waals surface area contributed by atoms with E-state index in [-0.39, 0.29) is 36.5 Å². The number of carbonyl (C=O) groups is 2. The Morgan fingerprint density at radius 1 is 1.03 bits per heavy atom. The van der Waals surface area contributed by atoms with Crippen molar-refractivity contribution < 1.29 is 18.4 Å². The lowest BCUT2D eigenvalue weighted by Gasteiger charge is -2.39. The van der Waals surface area contributed by atoms with E-state index in [1.807, 2.05) is 18.2 Å². The fourth-order valence-electron chi connectivity index (χ4n) is 4.41. The van der Waals surface area contributed by atoms with Crippen molar-refractivity contribution in [1.29, 1.82) is 0 Å². The van der Waals surface area contributed by atoms with Crippen LogP contribution in [0.3, 0.4) is 0 Å². The van der Waals surface area contributed by atoms with Crippen molar-refractivity contribution in [3.05, 3.63) is 60.2 Å². The monoisotopic (exact) mass is 442 g/mol. The van der Waals surface area contributed by atoms with Crippen LogP contribution in [0.4, 0.5) is 20.2 Å². The zero-order chi connectivity index (χ0) is 22.7. The van der Waals surface area contributed by atoms with E-state index in [1.54, 1.807) is 0 Å². The Kier molecular flexibility index (Phi) is 6.69. The highest BCUT2D eigenvalue weighted by Gasteiger charge is 2.35. The fraction of sp³-hybridized carbons (Fsp3) is 0.417. The second-order valence-electron chi connectivity index (χ2n) is 8.49. The molecule has 170 valence electrons. The van der Waals surface area contributed by atoms with E-state index < -0.39 is 17.6 Å². The molecule has 32 heavy (non-hydrogen) atoms. The summed E-state index contributed by atoms with van der Waals surface area (Å²) in [6.07, 6.45) is 0.0358. The molecular formula is C24H28F2N4O2. The lowest BCUT2D eigenvalue weighted by molar-refractivity contribution is -0.126. The van der Waals surface area contributed by atoms with Crippen molar-refractivity contribution in [2.24, 2.45) is 5.92 Å². The summed E-state index contributed by atoms with van der Waals surface area (Å²) in [5, 5.41) is 2.96. The molecule has 0 aliphatic carbocycles. The van der Waals surface area contributed by atoms with Gasteiger partial charge in [-0.1, -0.05) is 18.2 Å². The standard InChI is InChI=1S/C24H28F2N4O2/c1-17(28-7-9-29(10-8-28)21-5-3-2-4-6-21)15-27-24(32)18-11-23(31)30(16-18)22-13-19(25)12-20(26)14-22/h2-6,12-14,17-18H,7-11,15-16H2,1H3,(H,27,32). The zero-order valence-electron chi connectivity index (χ0n) is 18.1. The topological polar surface area (TPSA) is 55.9 Å². The number of nitrogens with zero attached hydrogens (tertiary/aromatic N) is 3. The number of hydrogen-bond donors (Lipinski definition) is 1. The van der Waals surface area contributed by atoms with Crippen molar-refractivity contribution in [3.63, 3.8) is 0 Å². The summed E-state index contributed by atoms with van der Waals surface area (Å²) in [5.41, 5.74) is 1.37. The van der Waals surface area contributed by atoms with Gasteiger partial charge < -0.3 is 15.1 Å². The van der Waals surface area contributed by atoms with E-state index >= 15 is 0 Å². The van der Waals surface area contributed by atoms with Gasteiger partial charge in [0.2, 0.25) is 11.8 Å². The van der Waals surface area contributed by atoms with Gasteiger partial charge >= 0.3 is 0 Å². The van der Waals surface area contributed by atoms with Gasteiger partial charge in [0.25, 0.3) is 0 Å². The van der Waals surface area contributed by atoms with E-state index in [1.165, 1.54) is 10.6 Å². The normalized spacial score (nSPS) is 20.5. The predicted octanol–water partition coefficient (Wildman–Crippen LogP) is 2.64. The van der Waals surface area contributed by atoms with Crippen LogP contribution in [0, 0.1) is 17.6 Å². The van der Waals surface area contributed by atoms with Gasteiger partial charge in [-0.25, -0.2) is 8.78 Å². The predicted molar refractivity (Wildman–Crippen MR) is 120 cm³/mol. The van der Waals surface area contributed by atoms with Crippen LogP contribution in [-0.2, 0) is 9.59 Å². The Balaban J connectivity index is 1.25. The molecule has 0 aromatic heterocycles. The number of halogens is 2. The van der Waals surface area contributed by atoms with Gasteiger partial charge in [-0.2, -0.15) is 0 Å². The van der Waals surface area contributed by atoms with Gasteiger partial charge in [-0.05, 0) is 31.2 Å². The number of para-hydroxylation sites is 1.